The van der Waals surface area contributed by atoms with Crippen LogP contribution in [0.4, 0.5) is 0 Å². The Morgan fingerprint density at radius 3 is 2.87 bits per heavy atom. The van der Waals surface area contributed by atoms with Crippen LogP contribution >= 0.6 is 0 Å². The molecule has 0 saturated heterocycles. The van der Waals surface area contributed by atoms with E-state index in [1.54, 1.807) is 6.92 Å². The van der Waals surface area contributed by atoms with Gasteiger partial charge in [0.15, 0.2) is 0 Å². The molecule has 15 heavy (non-hydrogen) atoms. The molecule has 0 aromatic carbocycles. The summed E-state index contributed by atoms with van der Waals surface area (Å²) in [4.78, 5) is 11.4. The molecule has 0 bridgehead atoms. The molecule has 3 nitrogen and oxygen atoms in total. The molecule has 2 unspecified atom stereocenters. The molecule has 84 valence electrons. The van der Waals surface area contributed by atoms with E-state index in [4.69, 9.17) is 4.74 Å². The van der Waals surface area contributed by atoms with Crippen molar-refractivity contribution in [1.82, 2.24) is 0 Å². The SMILES string of the molecule is CCOC(=O)CC1(C#N)CCCCC1C. The Bertz CT molecular complexity index is 269. The molecule has 1 fully saturated rings. The van der Waals surface area contributed by atoms with Gasteiger partial charge in [-0.2, -0.15) is 5.26 Å². The molecular weight excluding hydrogens is 190 g/mol. The van der Waals surface area contributed by atoms with E-state index in [1.165, 1.54) is 6.42 Å². The van der Waals surface area contributed by atoms with Crippen LogP contribution in [0.2, 0.25) is 0 Å². The molecule has 3 heteroatoms. The predicted octanol–water partition coefficient (Wildman–Crippen LogP) is 2.66. The second kappa shape index (κ2) is 5.16. The van der Waals surface area contributed by atoms with E-state index < -0.39 is 5.41 Å². The highest BCUT2D eigenvalue weighted by atomic mass is 16.5. The average Bonchev–Trinajstić information content (AvgIpc) is 2.22. The Morgan fingerprint density at radius 1 is 1.60 bits per heavy atom. The summed E-state index contributed by atoms with van der Waals surface area (Å²) in [6.45, 7) is 4.26. The quantitative estimate of drug-likeness (QED) is 0.671. The summed E-state index contributed by atoms with van der Waals surface area (Å²) in [5.74, 6) is 0.0773. The topological polar surface area (TPSA) is 50.1 Å². The molecule has 0 spiro atoms. The number of carbonyl (C=O) groups is 1. The van der Waals surface area contributed by atoms with Gasteiger partial charge in [-0.15, -0.1) is 0 Å². The van der Waals surface area contributed by atoms with Gasteiger partial charge in [0, 0.05) is 0 Å². The normalized spacial score (nSPS) is 30.6. The largest absolute Gasteiger partial charge is 0.466 e. The molecular formula is C12H19NO2. The first-order chi connectivity index (χ1) is 7.14. The number of carbonyl (C=O) groups excluding carboxylic acids is 1. The minimum Gasteiger partial charge on any atom is -0.466 e. The smallest absolute Gasteiger partial charge is 0.307 e. The standard InChI is InChI=1S/C12H19NO2/c1-3-15-11(14)8-12(9-13)7-5-4-6-10(12)2/h10H,3-8H2,1-2H3. The Balaban J connectivity index is 2.67. The second-order valence-corrected chi connectivity index (χ2v) is 4.40. The molecule has 1 aliphatic carbocycles. The van der Waals surface area contributed by atoms with Crippen molar-refractivity contribution in [3.8, 4) is 6.07 Å². The highest BCUT2D eigenvalue weighted by Crippen LogP contribution is 2.43. The number of hydrogen-bond donors (Lipinski definition) is 0. The molecule has 0 N–H and O–H groups in total. The van der Waals surface area contributed by atoms with Crippen molar-refractivity contribution in [2.45, 2.75) is 46.0 Å². The van der Waals surface area contributed by atoms with Crippen LogP contribution in [0.25, 0.3) is 0 Å². The van der Waals surface area contributed by atoms with Gasteiger partial charge in [-0.3, -0.25) is 4.79 Å². The zero-order valence-electron chi connectivity index (χ0n) is 9.58. The van der Waals surface area contributed by atoms with Gasteiger partial charge in [0.05, 0.1) is 24.5 Å². The lowest BCUT2D eigenvalue weighted by Gasteiger charge is -2.36. The van der Waals surface area contributed by atoms with Gasteiger partial charge < -0.3 is 4.74 Å². The summed E-state index contributed by atoms with van der Waals surface area (Å²) in [5, 5.41) is 9.27. The number of ether oxygens (including phenoxy) is 1. The van der Waals surface area contributed by atoms with Crippen LogP contribution in [-0.2, 0) is 9.53 Å². The molecule has 0 heterocycles. The molecule has 0 radical (unpaired) electrons. The van der Waals surface area contributed by atoms with Crippen molar-refractivity contribution < 1.29 is 9.53 Å². The van der Waals surface area contributed by atoms with Gasteiger partial charge in [-0.05, 0) is 25.7 Å². The van der Waals surface area contributed by atoms with Gasteiger partial charge in [0.1, 0.15) is 0 Å². The summed E-state index contributed by atoms with van der Waals surface area (Å²) in [6, 6.07) is 2.36. The number of hydrogen-bond acceptors (Lipinski definition) is 3. The maximum atomic E-state index is 11.4. The van der Waals surface area contributed by atoms with Crippen LogP contribution in [-0.4, -0.2) is 12.6 Å². The molecule has 2 atom stereocenters. The van der Waals surface area contributed by atoms with E-state index in [0.717, 1.165) is 19.3 Å². The first-order valence-electron chi connectivity index (χ1n) is 5.71. The fourth-order valence-corrected chi connectivity index (χ4v) is 2.35. The number of nitrogens with zero attached hydrogens (tertiary/aromatic N) is 1. The van der Waals surface area contributed by atoms with Gasteiger partial charge in [-0.1, -0.05) is 19.8 Å². The molecule has 1 aliphatic rings. The highest BCUT2D eigenvalue weighted by molar-refractivity contribution is 5.71. The van der Waals surface area contributed by atoms with Crippen molar-refractivity contribution >= 4 is 5.97 Å². The summed E-state index contributed by atoms with van der Waals surface area (Å²) in [5.41, 5.74) is -0.468. The molecule has 1 saturated carbocycles. The van der Waals surface area contributed by atoms with E-state index in [2.05, 4.69) is 13.0 Å². The molecule has 0 amide bonds. The van der Waals surface area contributed by atoms with Crippen LogP contribution in [0.5, 0.6) is 0 Å². The average molecular weight is 209 g/mol. The zero-order chi connectivity index (χ0) is 11.3. The van der Waals surface area contributed by atoms with E-state index in [0.29, 0.717) is 12.5 Å². The molecule has 0 aromatic heterocycles. The number of esters is 1. The predicted molar refractivity (Wildman–Crippen MR) is 56.9 cm³/mol. The van der Waals surface area contributed by atoms with E-state index in [-0.39, 0.29) is 12.4 Å². The highest BCUT2D eigenvalue weighted by Gasteiger charge is 2.40. The number of nitriles is 1. The Hall–Kier alpha value is -1.04. The fraction of sp³-hybridized carbons (Fsp3) is 0.833. The summed E-state index contributed by atoms with van der Waals surface area (Å²) in [6.07, 6.45) is 4.37. The second-order valence-electron chi connectivity index (χ2n) is 4.40. The lowest BCUT2D eigenvalue weighted by atomic mass is 9.66. The van der Waals surface area contributed by atoms with E-state index in [1.807, 2.05) is 0 Å². The van der Waals surface area contributed by atoms with E-state index in [9.17, 15) is 10.1 Å². The van der Waals surface area contributed by atoms with Gasteiger partial charge in [0.25, 0.3) is 0 Å². The minimum absolute atomic E-state index is 0.229. The first kappa shape index (κ1) is 12.0. The first-order valence-corrected chi connectivity index (χ1v) is 5.71. The Labute approximate surface area is 91.4 Å². The van der Waals surface area contributed by atoms with Crippen molar-refractivity contribution in [2.24, 2.45) is 11.3 Å². The van der Waals surface area contributed by atoms with E-state index >= 15 is 0 Å². The lowest BCUT2D eigenvalue weighted by molar-refractivity contribution is -0.146. The number of rotatable bonds is 3. The van der Waals surface area contributed by atoms with Crippen LogP contribution in [0.15, 0.2) is 0 Å². The maximum Gasteiger partial charge on any atom is 0.307 e. The third-order valence-corrected chi connectivity index (χ3v) is 3.44. The Morgan fingerprint density at radius 2 is 2.33 bits per heavy atom. The van der Waals surface area contributed by atoms with Gasteiger partial charge in [0.2, 0.25) is 0 Å². The van der Waals surface area contributed by atoms with Gasteiger partial charge in [-0.25, -0.2) is 0 Å². The van der Waals surface area contributed by atoms with Crippen molar-refractivity contribution in [3.05, 3.63) is 0 Å². The summed E-state index contributed by atoms with van der Waals surface area (Å²) in [7, 11) is 0. The monoisotopic (exact) mass is 209 g/mol. The fourth-order valence-electron chi connectivity index (χ4n) is 2.35. The Kier molecular flexibility index (Phi) is 4.14. The van der Waals surface area contributed by atoms with Crippen LogP contribution in [0.3, 0.4) is 0 Å². The summed E-state index contributed by atoms with van der Waals surface area (Å²) < 4.78 is 4.93. The van der Waals surface area contributed by atoms with Crippen molar-refractivity contribution in [2.75, 3.05) is 6.61 Å². The lowest BCUT2D eigenvalue weighted by Crippen LogP contribution is -2.33. The third-order valence-electron chi connectivity index (χ3n) is 3.44. The third kappa shape index (κ3) is 2.71. The van der Waals surface area contributed by atoms with Gasteiger partial charge >= 0.3 is 5.97 Å². The zero-order valence-corrected chi connectivity index (χ0v) is 9.58. The van der Waals surface area contributed by atoms with Crippen molar-refractivity contribution in [3.63, 3.8) is 0 Å². The van der Waals surface area contributed by atoms with Crippen LogP contribution in [0, 0.1) is 22.7 Å². The minimum atomic E-state index is -0.468. The maximum absolute atomic E-state index is 11.4. The van der Waals surface area contributed by atoms with Crippen molar-refractivity contribution in [1.29, 1.82) is 5.26 Å². The van der Waals surface area contributed by atoms with Crippen LogP contribution in [0.1, 0.15) is 46.0 Å². The summed E-state index contributed by atoms with van der Waals surface area (Å²) >= 11 is 0. The molecule has 0 aliphatic heterocycles. The van der Waals surface area contributed by atoms with Crippen LogP contribution < -0.4 is 0 Å². The molecule has 0 aromatic rings. The molecule has 1 rings (SSSR count).